The number of rotatable bonds is 3. The molecule has 0 radical (unpaired) electrons. The number of fused-ring (bicyclic) bond motifs is 3. The molecule has 1 saturated heterocycles. The lowest BCUT2D eigenvalue weighted by Gasteiger charge is -2.23. The number of benzene rings is 1. The summed E-state index contributed by atoms with van der Waals surface area (Å²) in [4.78, 5) is 27.0. The number of aryl methyl sites for hydroxylation is 4. The smallest absolute Gasteiger partial charge is 0.340 e. The third-order valence-corrected chi connectivity index (χ3v) is 8.11. The van der Waals surface area contributed by atoms with Crippen molar-refractivity contribution in [3.05, 3.63) is 44.5 Å². The molecule has 4 rings (SSSR count). The second-order valence-corrected chi connectivity index (χ2v) is 10.5. The molecule has 1 atom stereocenters. The number of nitrogens with zero attached hydrogens (tertiary/aromatic N) is 1. The van der Waals surface area contributed by atoms with Crippen LogP contribution in [0.3, 0.4) is 0 Å². The Labute approximate surface area is 174 Å². The van der Waals surface area contributed by atoms with Gasteiger partial charge in [0.1, 0.15) is 16.9 Å². The normalized spacial score (nSPS) is 18.4. The van der Waals surface area contributed by atoms with Gasteiger partial charge in [0.25, 0.3) is 0 Å². The van der Waals surface area contributed by atoms with Gasteiger partial charge in [-0.25, -0.2) is 13.2 Å². The molecule has 0 saturated carbocycles. The van der Waals surface area contributed by atoms with E-state index in [2.05, 4.69) is 0 Å². The van der Waals surface area contributed by atoms with Crippen molar-refractivity contribution in [1.29, 1.82) is 0 Å². The van der Waals surface area contributed by atoms with E-state index in [9.17, 15) is 18.0 Å². The molecular weight excluding hydrogens is 406 g/mol. The summed E-state index contributed by atoms with van der Waals surface area (Å²) < 4.78 is 35.1. The van der Waals surface area contributed by atoms with Gasteiger partial charge in [0, 0.05) is 18.5 Å². The van der Waals surface area contributed by atoms with Crippen LogP contribution < -0.4 is 5.63 Å². The van der Waals surface area contributed by atoms with E-state index in [1.54, 1.807) is 14.0 Å². The van der Waals surface area contributed by atoms with E-state index < -0.39 is 15.5 Å². The SMILES string of the molecule is Cc1oc2c(c(C)cc3oc(=O)c(CC(=O)N(C)C4CCS(=O)(=O)C4)c(C)c32)c1C. The largest absolute Gasteiger partial charge is 0.460 e. The van der Waals surface area contributed by atoms with Gasteiger partial charge in [0.15, 0.2) is 9.84 Å². The zero-order valence-electron chi connectivity index (χ0n) is 17.8. The molecule has 0 spiro atoms. The molecule has 2 aromatic heterocycles. The quantitative estimate of drug-likeness (QED) is 0.592. The zero-order valence-corrected chi connectivity index (χ0v) is 18.6. The first-order chi connectivity index (χ1) is 14.0. The Morgan fingerprint density at radius 2 is 1.83 bits per heavy atom. The lowest BCUT2D eigenvalue weighted by molar-refractivity contribution is -0.130. The Bertz CT molecular complexity index is 1360. The summed E-state index contributed by atoms with van der Waals surface area (Å²) >= 11 is 0. The van der Waals surface area contributed by atoms with Gasteiger partial charge in [0.05, 0.1) is 28.9 Å². The van der Waals surface area contributed by atoms with Crippen LogP contribution in [0, 0.1) is 27.7 Å². The summed E-state index contributed by atoms with van der Waals surface area (Å²) in [5.74, 6) is 0.542. The average Bonchev–Trinajstić information content (AvgIpc) is 3.17. The van der Waals surface area contributed by atoms with Crippen molar-refractivity contribution < 1.29 is 22.0 Å². The van der Waals surface area contributed by atoms with Crippen molar-refractivity contribution in [1.82, 2.24) is 4.90 Å². The molecule has 7 nitrogen and oxygen atoms in total. The van der Waals surface area contributed by atoms with E-state index in [4.69, 9.17) is 8.83 Å². The molecule has 0 aliphatic carbocycles. The van der Waals surface area contributed by atoms with E-state index in [1.807, 2.05) is 26.8 Å². The number of amides is 1. The van der Waals surface area contributed by atoms with Gasteiger partial charge >= 0.3 is 5.63 Å². The van der Waals surface area contributed by atoms with Crippen LogP contribution in [-0.4, -0.2) is 43.8 Å². The van der Waals surface area contributed by atoms with Crippen LogP contribution in [0.15, 0.2) is 19.7 Å². The van der Waals surface area contributed by atoms with Crippen molar-refractivity contribution >= 4 is 37.7 Å². The fourth-order valence-electron chi connectivity index (χ4n) is 4.40. The number of likely N-dealkylation sites (N-methyl/N-ethyl adjacent to an activating group) is 1. The van der Waals surface area contributed by atoms with Gasteiger partial charge in [-0.2, -0.15) is 0 Å². The van der Waals surface area contributed by atoms with E-state index >= 15 is 0 Å². The number of hydrogen-bond donors (Lipinski definition) is 0. The van der Waals surface area contributed by atoms with Crippen LogP contribution in [0.4, 0.5) is 0 Å². The summed E-state index contributed by atoms with van der Waals surface area (Å²) in [6.45, 7) is 7.62. The third-order valence-electron chi connectivity index (χ3n) is 6.35. The van der Waals surface area contributed by atoms with Crippen molar-refractivity contribution in [2.75, 3.05) is 18.6 Å². The second kappa shape index (κ2) is 6.97. The van der Waals surface area contributed by atoms with Crippen molar-refractivity contribution in [3.8, 4) is 0 Å². The molecule has 8 heteroatoms. The zero-order chi connectivity index (χ0) is 22.0. The van der Waals surface area contributed by atoms with Gasteiger partial charge in [-0.1, -0.05) is 0 Å². The highest BCUT2D eigenvalue weighted by Gasteiger charge is 2.33. The fourth-order valence-corrected chi connectivity index (χ4v) is 6.17. The predicted octanol–water partition coefficient (Wildman–Crippen LogP) is 2.96. The van der Waals surface area contributed by atoms with Crippen LogP contribution in [0.5, 0.6) is 0 Å². The molecule has 30 heavy (non-hydrogen) atoms. The average molecular weight is 432 g/mol. The van der Waals surface area contributed by atoms with Crippen LogP contribution in [0.2, 0.25) is 0 Å². The maximum Gasteiger partial charge on any atom is 0.340 e. The van der Waals surface area contributed by atoms with Gasteiger partial charge in [0.2, 0.25) is 5.91 Å². The Hall–Kier alpha value is -2.61. The van der Waals surface area contributed by atoms with Gasteiger partial charge in [-0.3, -0.25) is 4.79 Å². The first kappa shape index (κ1) is 20.7. The summed E-state index contributed by atoms with van der Waals surface area (Å²) in [6.07, 6.45) is 0.270. The number of furan rings is 1. The summed E-state index contributed by atoms with van der Waals surface area (Å²) in [7, 11) is -1.52. The summed E-state index contributed by atoms with van der Waals surface area (Å²) in [5, 5.41) is 1.68. The minimum absolute atomic E-state index is 0.0363. The van der Waals surface area contributed by atoms with E-state index in [0.717, 1.165) is 22.3 Å². The number of hydrogen-bond acceptors (Lipinski definition) is 6. The van der Waals surface area contributed by atoms with Gasteiger partial charge in [-0.05, 0) is 56.9 Å². The van der Waals surface area contributed by atoms with Crippen molar-refractivity contribution in [2.24, 2.45) is 0 Å². The first-order valence-corrected chi connectivity index (χ1v) is 11.7. The molecule has 3 heterocycles. The highest BCUT2D eigenvalue weighted by Crippen LogP contribution is 2.36. The molecule has 160 valence electrons. The molecule has 1 aromatic carbocycles. The van der Waals surface area contributed by atoms with Crippen LogP contribution >= 0.6 is 0 Å². The van der Waals surface area contributed by atoms with Crippen LogP contribution in [0.25, 0.3) is 21.9 Å². The third kappa shape index (κ3) is 3.23. The maximum atomic E-state index is 12.9. The minimum atomic E-state index is -3.11. The predicted molar refractivity (Wildman–Crippen MR) is 115 cm³/mol. The minimum Gasteiger partial charge on any atom is -0.460 e. The van der Waals surface area contributed by atoms with Gasteiger partial charge in [-0.15, -0.1) is 0 Å². The Morgan fingerprint density at radius 3 is 2.47 bits per heavy atom. The number of carbonyl (C=O) groups is 1. The molecule has 1 aliphatic heterocycles. The molecular formula is C22H25NO6S. The van der Waals surface area contributed by atoms with E-state index in [-0.39, 0.29) is 35.4 Å². The summed E-state index contributed by atoms with van der Waals surface area (Å²) in [6, 6.07) is 1.47. The lowest BCUT2D eigenvalue weighted by atomic mass is 9.98. The molecule has 0 bridgehead atoms. The monoisotopic (exact) mass is 431 g/mol. The second-order valence-electron chi connectivity index (χ2n) is 8.29. The van der Waals surface area contributed by atoms with E-state index in [1.165, 1.54) is 4.90 Å². The topological polar surface area (TPSA) is 97.8 Å². The highest BCUT2D eigenvalue weighted by atomic mass is 32.2. The Kier molecular flexibility index (Phi) is 4.80. The van der Waals surface area contributed by atoms with Gasteiger partial charge < -0.3 is 13.7 Å². The first-order valence-electron chi connectivity index (χ1n) is 9.92. The number of carbonyl (C=O) groups excluding carboxylic acids is 1. The Balaban J connectivity index is 1.79. The molecule has 0 N–H and O–H groups in total. The maximum absolute atomic E-state index is 12.9. The molecule has 1 amide bonds. The fraction of sp³-hybridized carbons (Fsp3) is 0.455. The highest BCUT2D eigenvalue weighted by molar-refractivity contribution is 7.91. The number of sulfone groups is 1. The lowest BCUT2D eigenvalue weighted by Crippen LogP contribution is -2.39. The van der Waals surface area contributed by atoms with Crippen LogP contribution in [0.1, 0.15) is 34.4 Å². The Morgan fingerprint density at radius 1 is 1.13 bits per heavy atom. The standard InChI is InChI=1S/C22H25NO6S/c1-11-8-17-20(21-19(11)12(2)14(4)28-21)13(3)16(22(25)29-17)9-18(24)23(5)15-6-7-30(26,27)10-15/h8,15H,6-7,9-10H2,1-5H3. The molecule has 1 unspecified atom stereocenters. The van der Waals surface area contributed by atoms with Crippen molar-refractivity contribution in [2.45, 2.75) is 46.6 Å². The molecule has 1 fully saturated rings. The summed E-state index contributed by atoms with van der Waals surface area (Å²) in [5.41, 5.74) is 3.46. The van der Waals surface area contributed by atoms with Crippen molar-refractivity contribution in [3.63, 3.8) is 0 Å². The van der Waals surface area contributed by atoms with E-state index in [0.29, 0.717) is 28.5 Å². The van der Waals surface area contributed by atoms with Crippen LogP contribution in [-0.2, 0) is 21.1 Å². The molecule has 3 aromatic rings. The molecule has 1 aliphatic rings.